The summed E-state index contributed by atoms with van der Waals surface area (Å²) < 4.78 is 42.1. The number of amides is 1. The SMILES string of the molecule is Cc1nn(C)cc1CN1CCN(C(=O)C(C)n2nc(C(F)(F)F)c(Br)c2C)CC1. The lowest BCUT2D eigenvalue weighted by molar-refractivity contribution is -0.143. The number of carbonyl (C=O) groups is 1. The van der Waals surface area contributed by atoms with Crippen LogP contribution in [0.25, 0.3) is 0 Å². The molecule has 1 amide bonds. The van der Waals surface area contributed by atoms with Crippen molar-refractivity contribution in [1.29, 1.82) is 0 Å². The highest BCUT2D eigenvalue weighted by Crippen LogP contribution is 2.36. The summed E-state index contributed by atoms with van der Waals surface area (Å²) in [5.74, 6) is -0.228. The van der Waals surface area contributed by atoms with E-state index in [0.29, 0.717) is 26.2 Å². The van der Waals surface area contributed by atoms with Crippen molar-refractivity contribution in [3.8, 4) is 0 Å². The number of rotatable bonds is 4. The lowest BCUT2D eigenvalue weighted by atomic mass is 10.2. The number of hydrogen-bond acceptors (Lipinski definition) is 4. The molecule has 160 valence electrons. The fraction of sp³-hybridized carbons (Fsp3) is 0.611. The van der Waals surface area contributed by atoms with E-state index in [1.807, 2.05) is 20.2 Å². The first kappa shape index (κ1) is 21.8. The number of halogens is 4. The average molecular weight is 477 g/mol. The largest absolute Gasteiger partial charge is 0.436 e. The zero-order valence-corrected chi connectivity index (χ0v) is 18.4. The second-order valence-corrected chi connectivity index (χ2v) is 8.17. The van der Waals surface area contributed by atoms with Crippen LogP contribution in [0.15, 0.2) is 10.7 Å². The van der Waals surface area contributed by atoms with Crippen molar-refractivity contribution in [2.24, 2.45) is 7.05 Å². The number of aromatic nitrogens is 4. The van der Waals surface area contributed by atoms with Crippen molar-refractivity contribution in [3.05, 3.63) is 33.3 Å². The van der Waals surface area contributed by atoms with E-state index in [4.69, 9.17) is 0 Å². The van der Waals surface area contributed by atoms with Crippen LogP contribution in [-0.2, 0) is 24.6 Å². The molecule has 0 bridgehead atoms. The maximum absolute atomic E-state index is 13.1. The Morgan fingerprint density at radius 2 is 1.83 bits per heavy atom. The van der Waals surface area contributed by atoms with Crippen molar-refractivity contribution in [2.75, 3.05) is 26.2 Å². The number of hydrogen-bond donors (Lipinski definition) is 0. The average Bonchev–Trinajstić information content (AvgIpc) is 3.13. The smallest absolute Gasteiger partial charge is 0.338 e. The Morgan fingerprint density at radius 1 is 1.21 bits per heavy atom. The predicted octanol–water partition coefficient (Wildman–Crippen LogP) is 2.92. The van der Waals surface area contributed by atoms with Gasteiger partial charge in [0.25, 0.3) is 0 Å². The topological polar surface area (TPSA) is 59.2 Å². The summed E-state index contributed by atoms with van der Waals surface area (Å²) in [5, 5.41) is 8.00. The highest BCUT2D eigenvalue weighted by Gasteiger charge is 2.39. The summed E-state index contributed by atoms with van der Waals surface area (Å²) in [6.45, 7) is 8.27. The van der Waals surface area contributed by atoms with Crippen LogP contribution in [-0.4, -0.2) is 61.4 Å². The van der Waals surface area contributed by atoms with Crippen molar-refractivity contribution in [2.45, 2.75) is 39.5 Å². The molecule has 1 unspecified atom stereocenters. The van der Waals surface area contributed by atoms with Gasteiger partial charge in [0.05, 0.1) is 15.9 Å². The maximum atomic E-state index is 13.1. The first-order valence-electron chi connectivity index (χ1n) is 9.31. The maximum Gasteiger partial charge on any atom is 0.436 e. The van der Waals surface area contributed by atoms with Gasteiger partial charge in [0, 0.05) is 51.5 Å². The Hall–Kier alpha value is -1.88. The van der Waals surface area contributed by atoms with E-state index < -0.39 is 17.9 Å². The first-order chi connectivity index (χ1) is 13.5. The summed E-state index contributed by atoms with van der Waals surface area (Å²) >= 11 is 2.96. The second kappa shape index (κ2) is 8.10. The van der Waals surface area contributed by atoms with Gasteiger partial charge >= 0.3 is 6.18 Å². The molecule has 29 heavy (non-hydrogen) atoms. The molecule has 3 rings (SSSR count). The Bertz CT molecular complexity index is 898. The third-order valence-electron chi connectivity index (χ3n) is 5.26. The highest BCUT2D eigenvalue weighted by atomic mass is 79.9. The zero-order valence-electron chi connectivity index (χ0n) is 16.8. The minimum atomic E-state index is -4.58. The van der Waals surface area contributed by atoms with Crippen molar-refractivity contribution in [3.63, 3.8) is 0 Å². The number of nitrogens with zero attached hydrogens (tertiary/aromatic N) is 6. The fourth-order valence-corrected chi connectivity index (χ4v) is 4.08. The van der Waals surface area contributed by atoms with E-state index in [9.17, 15) is 18.0 Å². The Balaban J connectivity index is 1.64. The van der Waals surface area contributed by atoms with Crippen molar-refractivity contribution in [1.82, 2.24) is 29.4 Å². The molecule has 11 heteroatoms. The van der Waals surface area contributed by atoms with E-state index in [2.05, 4.69) is 31.0 Å². The van der Waals surface area contributed by atoms with Gasteiger partial charge in [-0.3, -0.25) is 19.1 Å². The minimum absolute atomic E-state index is 0.124. The molecule has 2 aromatic heterocycles. The third kappa shape index (κ3) is 4.50. The van der Waals surface area contributed by atoms with Crippen LogP contribution >= 0.6 is 15.9 Å². The monoisotopic (exact) mass is 476 g/mol. The lowest BCUT2D eigenvalue weighted by Crippen LogP contribution is -2.50. The minimum Gasteiger partial charge on any atom is -0.338 e. The molecule has 1 saturated heterocycles. The molecule has 0 radical (unpaired) electrons. The van der Waals surface area contributed by atoms with Crippen molar-refractivity contribution < 1.29 is 18.0 Å². The van der Waals surface area contributed by atoms with Gasteiger partial charge < -0.3 is 4.90 Å². The molecule has 7 nitrogen and oxygen atoms in total. The number of alkyl halides is 3. The van der Waals surface area contributed by atoms with Crippen LogP contribution in [0.5, 0.6) is 0 Å². The molecular formula is C18H24BrF3N6O. The highest BCUT2D eigenvalue weighted by molar-refractivity contribution is 9.10. The molecule has 0 aromatic carbocycles. The molecule has 1 aliphatic rings. The van der Waals surface area contributed by atoms with Gasteiger partial charge in [-0.15, -0.1) is 0 Å². The molecule has 3 heterocycles. The van der Waals surface area contributed by atoms with Gasteiger partial charge in [0.1, 0.15) is 6.04 Å². The summed E-state index contributed by atoms with van der Waals surface area (Å²) in [6.07, 6.45) is -2.58. The van der Waals surface area contributed by atoms with Crippen LogP contribution in [0.1, 0.15) is 35.6 Å². The molecule has 0 saturated carbocycles. The van der Waals surface area contributed by atoms with E-state index in [0.717, 1.165) is 22.5 Å². The Kier molecular flexibility index (Phi) is 6.09. The van der Waals surface area contributed by atoms with Crippen LogP contribution in [0.2, 0.25) is 0 Å². The van der Waals surface area contributed by atoms with Crippen LogP contribution < -0.4 is 0 Å². The molecule has 2 aromatic rings. The van der Waals surface area contributed by atoms with Gasteiger partial charge in [-0.1, -0.05) is 0 Å². The molecule has 1 aliphatic heterocycles. The molecular weight excluding hydrogens is 453 g/mol. The van der Waals surface area contributed by atoms with E-state index >= 15 is 0 Å². The molecule has 0 aliphatic carbocycles. The first-order valence-corrected chi connectivity index (χ1v) is 10.1. The van der Waals surface area contributed by atoms with Gasteiger partial charge in [0.15, 0.2) is 5.69 Å². The second-order valence-electron chi connectivity index (χ2n) is 7.38. The summed E-state index contributed by atoms with van der Waals surface area (Å²) in [6, 6.07) is -0.811. The van der Waals surface area contributed by atoms with E-state index in [-0.39, 0.29) is 16.1 Å². The number of aryl methyl sites for hydroxylation is 2. The van der Waals surface area contributed by atoms with Gasteiger partial charge in [0.2, 0.25) is 5.91 Å². The van der Waals surface area contributed by atoms with Gasteiger partial charge in [-0.05, 0) is 36.7 Å². The van der Waals surface area contributed by atoms with Gasteiger partial charge in [-0.25, -0.2) is 0 Å². The quantitative estimate of drug-likeness (QED) is 0.680. The Morgan fingerprint density at radius 3 is 2.31 bits per heavy atom. The predicted molar refractivity (Wildman–Crippen MR) is 104 cm³/mol. The van der Waals surface area contributed by atoms with Crippen LogP contribution in [0.3, 0.4) is 0 Å². The summed E-state index contributed by atoms with van der Waals surface area (Å²) in [5.41, 5.74) is 1.41. The Labute approximate surface area is 175 Å². The lowest BCUT2D eigenvalue weighted by Gasteiger charge is -2.36. The third-order valence-corrected chi connectivity index (χ3v) is 6.21. The molecule has 1 fully saturated rings. The summed E-state index contributed by atoms with van der Waals surface area (Å²) in [7, 11) is 1.88. The zero-order chi connectivity index (χ0) is 21.5. The standard InChI is InChI=1S/C18H24BrF3N6O/c1-11-14(9-25(4)23-11)10-26-5-7-27(8-6-26)17(29)13(3)28-12(2)15(19)16(24-28)18(20,21)22/h9,13H,5-8,10H2,1-4H3. The molecule has 1 atom stereocenters. The van der Waals surface area contributed by atoms with E-state index in [1.165, 1.54) is 6.92 Å². The number of carbonyl (C=O) groups excluding carboxylic acids is 1. The van der Waals surface area contributed by atoms with Gasteiger partial charge in [-0.2, -0.15) is 23.4 Å². The van der Waals surface area contributed by atoms with Crippen molar-refractivity contribution >= 4 is 21.8 Å². The fourth-order valence-electron chi connectivity index (χ4n) is 3.60. The van der Waals surface area contributed by atoms with E-state index in [1.54, 1.807) is 16.5 Å². The molecule has 0 N–H and O–H groups in total. The van der Waals surface area contributed by atoms with Crippen LogP contribution in [0.4, 0.5) is 13.2 Å². The molecule has 0 spiro atoms. The number of piperazine rings is 1. The normalized spacial score (nSPS) is 17.0. The van der Waals surface area contributed by atoms with Crippen LogP contribution in [0, 0.1) is 13.8 Å². The summed E-state index contributed by atoms with van der Waals surface area (Å²) in [4.78, 5) is 16.8.